The number of hydrogen-bond acceptors (Lipinski definition) is 1. The first kappa shape index (κ1) is 11.1. The zero-order valence-corrected chi connectivity index (χ0v) is 10.2. The van der Waals surface area contributed by atoms with Crippen LogP contribution in [0, 0.1) is 0 Å². The fraction of sp³-hybridized carbons (Fsp3) is 0.286. The summed E-state index contributed by atoms with van der Waals surface area (Å²) >= 11 is 0. The molecule has 0 saturated carbocycles. The Kier molecular flexibility index (Phi) is 3.22. The van der Waals surface area contributed by atoms with E-state index in [4.69, 9.17) is 0 Å². The zero-order valence-electron chi connectivity index (χ0n) is 10.2. The van der Waals surface area contributed by atoms with E-state index < -0.39 is 0 Å². The molecular weight excluding hydrogens is 196 g/mol. The smallest absolute Gasteiger partial charge is 0.139 e. The van der Waals surface area contributed by atoms with Gasteiger partial charge in [-0.25, -0.2) is 0 Å². The van der Waals surface area contributed by atoms with Crippen LogP contribution < -0.4 is 10.2 Å². The number of rotatable bonds is 3. The quantitative estimate of drug-likeness (QED) is 0.790. The summed E-state index contributed by atoms with van der Waals surface area (Å²) < 4.78 is 0. The third kappa shape index (κ3) is 1.94. The standard InChI is InChI=1S/C14H18N2/c1-15-10-12-8-4-6-11-7-5-9-13(14(11)12)16(2)3/h4-9,15H,10H2,1-3H3/p+1. The molecule has 0 aliphatic rings. The van der Waals surface area contributed by atoms with E-state index in [1.54, 1.807) is 0 Å². The van der Waals surface area contributed by atoms with Crippen molar-refractivity contribution in [3.63, 3.8) is 0 Å². The lowest BCUT2D eigenvalue weighted by molar-refractivity contribution is -0.785. The van der Waals surface area contributed by atoms with E-state index in [1.165, 1.54) is 26.9 Å². The summed E-state index contributed by atoms with van der Waals surface area (Å²) in [4.78, 5) is 1.37. The lowest BCUT2D eigenvalue weighted by Gasteiger charge is -2.13. The molecule has 0 bridgehead atoms. The summed E-state index contributed by atoms with van der Waals surface area (Å²) in [5, 5.41) is 5.95. The molecule has 0 heterocycles. The fourth-order valence-corrected chi connectivity index (χ4v) is 2.17. The van der Waals surface area contributed by atoms with Gasteiger partial charge in [-0.1, -0.05) is 30.3 Å². The minimum atomic E-state index is 0.918. The Morgan fingerprint density at radius 3 is 2.38 bits per heavy atom. The molecule has 0 aliphatic carbocycles. The molecule has 0 spiro atoms. The number of nitrogens with one attached hydrogen (secondary N) is 2. The molecule has 0 unspecified atom stereocenters. The molecule has 0 aromatic heterocycles. The van der Waals surface area contributed by atoms with Gasteiger partial charge in [-0.05, 0) is 24.1 Å². The highest BCUT2D eigenvalue weighted by Crippen LogP contribution is 2.24. The van der Waals surface area contributed by atoms with Crippen molar-refractivity contribution >= 4 is 16.5 Å². The van der Waals surface area contributed by atoms with Crippen molar-refractivity contribution < 1.29 is 4.90 Å². The highest BCUT2D eigenvalue weighted by Gasteiger charge is 2.10. The molecule has 2 rings (SSSR count). The Labute approximate surface area is 96.9 Å². The summed E-state index contributed by atoms with van der Waals surface area (Å²) in [6, 6.07) is 13.0. The summed E-state index contributed by atoms with van der Waals surface area (Å²) in [6.45, 7) is 0.918. The minimum Gasteiger partial charge on any atom is -0.316 e. The molecule has 0 saturated heterocycles. The van der Waals surface area contributed by atoms with Gasteiger partial charge in [0.1, 0.15) is 5.69 Å². The maximum atomic E-state index is 3.23. The van der Waals surface area contributed by atoms with Crippen molar-refractivity contribution in [1.29, 1.82) is 0 Å². The molecular formula is C14H19N2+. The molecule has 16 heavy (non-hydrogen) atoms. The zero-order chi connectivity index (χ0) is 11.5. The SMILES string of the molecule is CNCc1cccc2cccc([NH+](C)C)c12. The maximum absolute atomic E-state index is 3.23. The number of fused-ring (bicyclic) bond motifs is 1. The van der Waals surface area contributed by atoms with Crippen molar-refractivity contribution in [2.45, 2.75) is 6.54 Å². The van der Waals surface area contributed by atoms with E-state index in [9.17, 15) is 0 Å². The van der Waals surface area contributed by atoms with Crippen molar-refractivity contribution in [1.82, 2.24) is 5.32 Å². The van der Waals surface area contributed by atoms with Gasteiger partial charge in [-0.2, -0.15) is 0 Å². The molecule has 2 aromatic carbocycles. The second-order valence-corrected chi connectivity index (χ2v) is 4.35. The van der Waals surface area contributed by atoms with Gasteiger partial charge in [0.2, 0.25) is 0 Å². The second kappa shape index (κ2) is 4.64. The van der Waals surface area contributed by atoms with Crippen LogP contribution in [-0.4, -0.2) is 21.1 Å². The van der Waals surface area contributed by atoms with Crippen molar-refractivity contribution in [3.8, 4) is 0 Å². The van der Waals surface area contributed by atoms with E-state index in [-0.39, 0.29) is 0 Å². The van der Waals surface area contributed by atoms with Crippen LogP contribution in [0.4, 0.5) is 5.69 Å². The topological polar surface area (TPSA) is 16.5 Å². The first-order chi connectivity index (χ1) is 7.74. The van der Waals surface area contributed by atoms with Gasteiger partial charge in [0.25, 0.3) is 0 Å². The van der Waals surface area contributed by atoms with Crippen molar-refractivity contribution in [2.24, 2.45) is 0 Å². The van der Waals surface area contributed by atoms with Gasteiger partial charge in [0, 0.05) is 11.9 Å². The normalized spacial score (nSPS) is 11.2. The summed E-state index contributed by atoms with van der Waals surface area (Å²) in [6.07, 6.45) is 0. The largest absolute Gasteiger partial charge is 0.316 e. The molecule has 0 amide bonds. The summed E-state index contributed by atoms with van der Waals surface area (Å²) in [5.74, 6) is 0. The first-order valence-corrected chi connectivity index (χ1v) is 5.70. The molecule has 0 radical (unpaired) electrons. The predicted molar refractivity (Wildman–Crippen MR) is 69.2 cm³/mol. The third-order valence-corrected chi connectivity index (χ3v) is 2.90. The molecule has 0 fully saturated rings. The van der Waals surface area contributed by atoms with Gasteiger partial charge in [-0.3, -0.25) is 0 Å². The summed E-state index contributed by atoms with van der Waals surface area (Å²) in [7, 11) is 6.33. The highest BCUT2D eigenvalue weighted by molar-refractivity contribution is 5.93. The lowest BCUT2D eigenvalue weighted by atomic mass is 10.0. The lowest BCUT2D eigenvalue weighted by Crippen LogP contribution is -3.00. The van der Waals surface area contributed by atoms with Gasteiger partial charge in [0.15, 0.2) is 0 Å². The van der Waals surface area contributed by atoms with Gasteiger partial charge >= 0.3 is 0 Å². The van der Waals surface area contributed by atoms with E-state index in [1.807, 2.05) is 7.05 Å². The van der Waals surface area contributed by atoms with E-state index in [2.05, 4.69) is 55.8 Å². The van der Waals surface area contributed by atoms with E-state index >= 15 is 0 Å². The van der Waals surface area contributed by atoms with Crippen LogP contribution in [0.5, 0.6) is 0 Å². The van der Waals surface area contributed by atoms with Crippen LogP contribution in [0.2, 0.25) is 0 Å². The van der Waals surface area contributed by atoms with Crippen molar-refractivity contribution in [3.05, 3.63) is 42.0 Å². The second-order valence-electron chi connectivity index (χ2n) is 4.35. The predicted octanol–water partition coefficient (Wildman–Crippen LogP) is 1.34. The number of hydrogen-bond donors (Lipinski definition) is 2. The van der Waals surface area contributed by atoms with Crippen LogP contribution in [0.15, 0.2) is 36.4 Å². The average Bonchev–Trinajstić information content (AvgIpc) is 2.29. The maximum Gasteiger partial charge on any atom is 0.139 e. The Morgan fingerprint density at radius 2 is 1.75 bits per heavy atom. The monoisotopic (exact) mass is 215 g/mol. The molecule has 84 valence electrons. The highest BCUT2D eigenvalue weighted by atomic mass is 15.1. The number of quaternary nitrogens is 1. The van der Waals surface area contributed by atoms with Crippen LogP contribution >= 0.6 is 0 Å². The molecule has 2 nitrogen and oxygen atoms in total. The van der Waals surface area contributed by atoms with Crippen LogP contribution in [0.1, 0.15) is 5.56 Å². The van der Waals surface area contributed by atoms with Gasteiger partial charge in [0.05, 0.1) is 14.1 Å². The van der Waals surface area contributed by atoms with Gasteiger partial charge in [-0.15, -0.1) is 0 Å². The van der Waals surface area contributed by atoms with Gasteiger partial charge < -0.3 is 10.2 Å². The summed E-state index contributed by atoms with van der Waals surface area (Å²) in [5.41, 5.74) is 2.74. The minimum absolute atomic E-state index is 0.918. The fourth-order valence-electron chi connectivity index (χ4n) is 2.17. The first-order valence-electron chi connectivity index (χ1n) is 5.70. The average molecular weight is 215 g/mol. The molecule has 2 heteroatoms. The molecule has 2 N–H and O–H groups in total. The van der Waals surface area contributed by atoms with Crippen molar-refractivity contribution in [2.75, 3.05) is 21.1 Å². The molecule has 0 aliphatic heterocycles. The molecule has 2 aromatic rings. The third-order valence-electron chi connectivity index (χ3n) is 2.90. The Bertz CT molecular complexity index is 484. The Hall–Kier alpha value is -1.38. The number of benzene rings is 2. The van der Waals surface area contributed by atoms with Crippen LogP contribution in [-0.2, 0) is 6.54 Å². The van der Waals surface area contributed by atoms with Crippen LogP contribution in [0.3, 0.4) is 0 Å². The Balaban J connectivity index is 2.71. The van der Waals surface area contributed by atoms with E-state index in [0.29, 0.717) is 0 Å². The Morgan fingerprint density at radius 1 is 1.06 bits per heavy atom. The van der Waals surface area contributed by atoms with Crippen LogP contribution in [0.25, 0.3) is 10.8 Å². The molecule has 0 atom stereocenters. The van der Waals surface area contributed by atoms with E-state index in [0.717, 1.165) is 6.54 Å².